The number of carbonyl (C=O) groups excluding carboxylic acids is 1. The molecule has 1 saturated carbocycles. The Morgan fingerprint density at radius 3 is 2.70 bits per heavy atom. The first-order valence-corrected chi connectivity index (χ1v) is 10.7. The first-order chi connectivity index (χ1) is 14.6. The van der Waals surface area contributed by atoms with Crippen LogP contribution in [-0.4, -0.2) is 59.8 Å². The van der Waals surface area contributed by atoms with E-state index in [9.17, 15) is 4.79 Å². The molecule has 3 aliphatic rings. The van der Waals surface area contributed by atoms with Crippen molar-refractivity contribution < 1.29 is 9.53 Å². The van der Waals surface area contributed by atoms with E-state index in [4.69, 9.17) is 14.7 Å². The maximum absolute atomic E-state index is 12.0. The van der Waals surface area contributed by atoms with Gasteiger partial charge in [-0.15, -0.1) is 0 Å². The summed E-state index contributed by atoms with van der Waals surface area (Å²) in [5, 5.41) is 5.85. The summed E-state index contributed by atoms with van der Waals surface area (Å²) >= 11 is 0. The molecule has 5 rings (SSSR count). The highest BCUT2D eigenvalue weighted by Crippen LogP contribution is 2.33. The standard InChI is InChI=1S/C22H28N6O2/c1-14-13-30-10-9-28(14)21-25-19-12-27(2)11-18(19)20(26-21)15-3-5-16(6-4-15)23-22(29)24-17-7-8-17/h3-6,14,17H,7-13H2,1-2H3,(H2,23,24,29)/t14-/m0/s1. The van der Waals surface area contributed by atoms with Crippen molar-refractivity contribution in [2.45, 2.75) is 44.9 Å². The highest BCUT2D eigenvalue weighted by molar-refractivity contribution is 5.90. The summed E-state index contributed by atoms with van der Waals surface area (Å²) < 4.78 is 5.59. The van der Waals surface area contributed by atoms with Crippen molar-refractivity contribution in [2.75, 3.05) is 37.0 Å². The lowest BCUT2D eigenvalue weighted by Gasteiger charge is -2.33. The fraction of sp³-hybridized carbons (Fsp3) is 0.500. The molecule has 0 radical (unpaired) electrons. The Balaban J connectivity index is 1.43. The molecule has 1 saturated heterocycles. The minimum absolute atomic E-state index is 0.140. The second-order valence-electron chi connectivity index (χ2n) is 8.54. The fourth-order valence-corrected chi connectivity index (χ4v) is 4.08. The number of hydrogen-bond donors (Lipinski definition) is 2. The van der Waals surface area contributed by atoms with Crippen LogP contribution in [0.25, 0.3) is 11.3 Å². The third-order valence-corrected chi connectivity index (χ3v) is 5.88. The number of nitrogens with one attached hydrogen (secondary N) is 2. The number of amides is 2. The molecule has 2 amide bonds. The summed E-state index contributed by atoms with van der Waals surface area (Å²) in [4.78, 5) is 26.4. The number of rotatable bonds is 4. The number of ether oxygens (including phenoxy) is 1. The van der Waals surface area contributed by atoms with Crippen molar-refractivity contribution in [2.24, 2.45) is 0 Å². The highest BCUT2D eigenvalue weighted by Gasteiger charge is 2.28. The van der Waals surface area contributed by atoms with Gasteiger partial charge < -0.3 is 20.3 Å². The van der Waals surface area contributed by atoms with Gasteiger partial charge in [0.25, 0.3) is 0 Å². The zero-order valence-electron chi connectivity index (χ0n) is 17.5. The Kier molecular flexibility index (Phi) is 5.04. The molecule has 1 aliphatic carbocycles. The van der Waals surface area contributed by atoms with Gasteiger partial charge in [-0.1, -0.05) is 12.1 Å². The molecule has 3 heterocycles. The molecular weight excluding hydrogens is 380 g/mol. The van der Waals surface area contributed by atoms with E-state index in [1.807, 2.05) is 24.3 Å². The van der Waals surface area contributed by atoms with Crippen LogP contribution in [0.15, 0.2) is 24.3 Å². The number of fused-ring (bicyclic) bond motifs is 1. The molecule has 30 heavy (non-hydrogen) atoms. The second kappa shape index (κ2) is 7.85. The minimum Gasteiger partial charge on any atom is -0.377 e. The Hall–Kier alpha value is -2.71. The Morgan fingerprint density at radius 1 is 1.17 bits per heavy atom. The third kappa shape index (κ3) is 3.97. The van der Waals surface area contributed by atoms with Gasteiger partial charge in [-0.3, -0.25) is 4.90 Å². The van der Waals surface area contributed by atoms with Gasteiger partial charge in [0.2, 0.25) is 5.95 Å². The van der Waals surface area contributed by atoms with Crippen LogP contribution in [-0.2, 0) is 17.8 Å². The number of nitrogens with zero attached hydrogens (tertiary/aromatic N) is 4. The van der Waals surface area contributed by atoms with Crippen molar-refractivity contribution >= 4 is 17.7 Å². The quantitative estimate of drug-likeness (QED) is 0.809. The first-order valence-electron chi connectivity index (χ1n) is 10.7. The molecule has 1 aromatic heterocycles. The van der Waals surface area contributed by atoms with Crippen LogP contribution in [0.5, 0.6) is 0 Å². The lowest BCUT2D eigenvalue weighted by Crippen LogP contribution is -2.44. The average molecular weight is 409 g/mol. The van der Waals surface area contributed by atoms with E-state index < -0.39 is 0 Å². The van der Waals surface area contributed by atoms with Crippen LogP contribution in [0.1, 0.15) is 31.0 Å². The normalized spacial score (nSPS) is 21.4. The molecule has 0 unspecified atom stereocenters. The maximum atomic E-state index is 12.0. The predicted octanol–water partition coefficient (Wildman–Crippen LogP) is 2.60. The summed E-state index contributed by atoms with van der Waals surface area (Å²) in [6.45, 7) is 6.01. The van der Waals surface area contributed by atoms with Crippen molar-refractivity contribution in [3.63, 3.8) is 0 Å². The molecule has 2 aliphatic heterocycles. The molecule has 8 nitrogen and oxygen atoms in total. The molecule has 1 aromatic carbocycles. The van der Waals surface area contributed by atoms with Crippen molar-refractivity contribution in [3.05, 3.63) is 35.5 Å². The summed E-state index contributed by atoms with van der Waals surface area (Å²) in [5.41, 5.74) is 5.09. The van der Waals surface area contributed by atoms with E-state index in [0.29, 0.717) is 19.3 Å². The fourth-order valence-electron chi connectivity index (χ4n) is 4.08. The molecule has 1 atom stereocenters. The van der Waals surface area contributed by atoms with E-state index in [1.54, 1.807) is 0 Å². The van der Waals surface area contributed by atoms with E-state index in [1.165, 1.54) is 5.56 Å². The number of morpholine rings is 1. The minimum atomic E-state index is -0.140. The molecule has 0 spiro atoms. The van der Waals surface area contributed by atoms with Gasteiger partial charge in [-0.25, -0.2) is 14.8 Å². The maximum Gasteiger partial charge on any atom is 0.319 e. The lowest BCUT2D eigenvalue weighted by atomic mass is 10.1. The molecule has 158 valence electrons. The highest BCUT2D eigenvalue weighted by atomic mass is 16.5. The number of benzene rings is 1. The van der Waals surface area contributed by atoms with E-state index >= 15 is 0 Å². The van der Waals surface area contributed by atoms with Gasteiger partial charge in [0.15, 0.2) is 0 Å². The topological polar surface area (TPSA) is 82.6 Å². The largest absolute Gasteiger partial charge is 0.377 e. The number of aromatic nitrogens is 2. The SMILES string of the molecule is C[C@H]1COCCN1c1nc2c(c(-c3ccc(NC(=O)NC4CC4)cc3)n1)CN(C)C2. The first kappa shape index (κ1) is 19.3. The summed E-state index contributed by atoms with van der Waals surface area (Å²) in [6.07, 6.45) is 2.15. The Labute approximate surface area is 176 Å². The Morgan fingerprint density at radius 2 is 1.97 bits per heavy atom. The van der Waals surface area contributed by atoms with Crippen molar-refractivity contribution in [1.29, 1.82) is 0 Å². The third-order valence-electron chi connectivity index (χ3n) is 5.88. The number of anilines is 2. The van der Waals surface area contributed by atoms with Gasteiger partial charge in [0.1, 0.15) is 0 Å². The van der Waals surface area contributed by atoms with Gasteiger partial charge in [0, 0.05) is 42.5 Å². The second-order valence-corrected chi connectivity index (χ2v) is 8.54. The van der Waals surface area contributed by atoms with Crippen LogP contribution < -0.4 is 15.5 Å². The molecule has 2 fully saturated rings. The summed E-state index contributed by atoms with van der Waals surface area (Å²) in [7, 11) is 2.11. The van der Waals surface area contributed by atoms with E-state index in [0.717, 1.165) is 61.1 Å². The number of carbonyl (C=O) groups is 1. The summed E-state index contributed by atoms with van der Waals surface area (Å²) in [5.74, 6) is 0.779. The smallest absolute Gasteiger partial charge is 0.319 e. The molecular formula is C22H28N6O2. The number of urea groups is 1. The van der Waals surface area contributed by atoms with Gasteiger partial charge in [-0.05, 0) is 38.9 Å². The molecule has 0 bridgehead atoms. The van der Waals surface area contributed by atoms with Crippen LogP contribution >= 0.6 is 0 Å². The van der Waals surface area contributed by atoms with Gasteiger partial charge in [-0.2, -0.15) is 0 Å². The van der Waals surface area contributed by atoms with Crippen LogP contribution in [0.4, 0.5) is 16.4 Å². The zero-order valence-corrected chi connectivity index (χ0v) is 17.5. The molecule has 2 N–H and O–H groups in total. The average Bonchev–Trinajstić information content (AvgIpc) is 3.45. The molecule has 2 aromatic rings. The summed E-state index contributed by atoms with van der Waals surface area (Å²) in [6, 6.07) is 8.38. The van der Waals surface area contributed by atoms with Gasteiger partial charge in [0.05, 0.1) is 30.6 Å². The van der Waals surface area contributed by atoms with Crippen molar-refractivity contribution in [1.82, 2.24) is 20.2 Å². The monoisotopic (exact) mass is 408 g/mol. The van der Waals surface area contributed by atoms with Gasteiger partial charge >= 0.3 is 6.03 Å². The van der Waals surface area contributed by atoms with Crippen LogP contribution in [0.2, 0.25) is 0 Å². The number of hydrogen-bond acceptors (Lipinski definition) is 6. The lowest BCUT2D eigenvalue weighted by molar-refractivity contribution is 0.0980. The van der Waals surface area contributed by atoms with Crippen LogP contribution in [0, 0.1) is 0 Å². The van der Waals surface area contributed by atoms with Crippen molar-refractivity contribution in [3.8, 4) is 11.3 Å². The zero-order chi connectivity index (χ0) is 20.7. The Bertz CT molecular complexity index is 943. The predicted molar refractivity (Wildman–Crippen MR) is 115 cm³/mol. The van der Waals surface area contributed by atoms with E-state index in [-0.39, 0.29) is 12.1 Å². The molecule has 8 heteroatoms. The van der Waals surface area contributed by atoms with Crippen LogP contribution in [0.3, 0.4) is 0 Å². The van der Waals surface area contributed by atoms with E-state index in [2.05, 4.69) is 34.4 Å².